The number of amides is 2. The van der Waals surface area contributed by atoms with Crippen LogP contribution in [0.5, 0.6) is 0 Å². The lowest BCUT2D eigenvalue weighted by Crippen LogP contribution is -2.28. The van der Waals surface area contributed by atoms with Gasteiger partial charge in [-0.25, -0.2) is 8.42 Å². The third-order valence-corrected chi connectivity index (χ3v) is 7.66. The summed E-state index contributed by atoms with van der Waals surface area (Å²) in [6.45, 7) is 3.92. The summed E-state index contributed by atoms with van der Waals surface area (Å²) in [5, 5.41) is 2.89. The second-order valence-corrected chi connectivity index (χ2v) is 10.8. The van der Waals surface area contributed by atoms with Crippen LogP contribution in [0.3, 0.4) is 0 Å². The van der Waals surface area contributed by atoms with Crippen LogP contribution in [0, 0.1) is 6.92 Å². The Morgan fingerprint density at radius 3 is 2.59 bits per heavy atom. The van der Waals surface area contributed by atoms with Crippen LogP contribution in [-0.2, 0) is 19.4 Å². The minimum absolute atomic E-state index is 0.109. The van der Waals surface area contributed by atoms with Gasteiger partial charge < -0.3 is 10.2 Å². The maximum absolute atomic E-state index is 12.8. The Balaban J connectivity index is 1.72. The molecule has 0 spiro atoms. The highest BCUT2D eigenvalue weighted by molar-refractivity contribution is 8.00. The van der Waals surface area contributed by atoms with Gasteiger partial charge in [0.15, 0.2) is 9.84 Å². The van der Waals surface area contributed by atoms with Gasteiger partial charge >= 0.3 is 0 Å². The molecule has 0 saturated carbocycles. The number of thioether (sulfide) groups is 1. The van der Waals surface area contributed by atoms with E-state index in [4.69, 9.17) is 0 Å². The highest BCUT2D eigenvalue weighted by Crippen LogP contribution is 2.36. The van der Waals surface area contributed by atoms with Crippen molar-refractivity contribution in [3.63, 3.8) is 0 Å². The van der Waals surface area contributed by atoms with Crippen LogP contribution in [0.15, 0.2) is 52.3 Å². The summed E-state index contributed by atoms with van der Waals surface area (Å²) < 4.78 is 25.5. The van der Waals surface area contributed by atoms with Gasteiger partial charge in [0.2, 0.25) is 11.8 Å². The minimum Gasteiger partial charge on any atom is -0.325 e. The molecule has 0 bridgehead atoms. The molecular formula is C21H24N2O4S2. The molecule has 3 rings (SSSR count). The molecule has 0 aromatic heterocycles. The van der Waals surface area contributed by atoms with Gasteiger partial charge in [0.1, 0.15) is 0 Å². The van der Waals surface area contributed by atoms with E-state index < -0.39 is 9.84 Å². The number of nitrogens with one attached hydrogen (secondary N) is 1. The van der Waals surface area contributed by atoms with E-state index in [2.05, 4.69) is 5.32 Å². The van der Waals surface area contributed by atoms with Gasteiger partial charge in [-0.05, 0) is 37.3 Å². The van der Waals surface area contributed by atoms with Crippen molar-refractivity contribution in [2.24, 2.45) is 0 Å². The molecule has 0 saturated heterocycles. The predicted octanol–water partition coefficient (Wildman–Crippen LogP) is 3.64. The van der Waals surface area contributed by atoms with E-state index >= 15 is 0 Å². The highest BCUT2D eigenvalue weighted by atomic mass is 32.2. The minimum atomic E-state index is -3.66. The molecule has 1 atom stereocenters. The lowest BCUT2D eigenvalue weighted by atomic mass is 10.2. The number of aryl methyl sites for hydroxylation is 1. The molecule has 2 amide bonds. The number of benzene rings is 2. The summed E-state index contributed by atoms with van der Waals surface area (Å²) in [6, 6.07) is 12.2. The first-order valence-electron chi connectivity index (χ1n) is 9.32. The first-order chi connectivity index (χ1) is 13.7. The highest BCUT2D eigenvalue weighted by Gasteiger charge is 2.23. The van der Waals surface area contributed by atoms with Gasteiger partial charge in [0.05, 0.1) is 16.3 Å². The zero-order valence-electron chi connectivity index (χ0n) is 16.6. The quantitative estimate of drug-likeness (QED) is 0.780. The fourth-order valence-electron chi connectivity index (χ4n) is 3.04. The molecule has 1 N–H and O–H groups in total. The summed E-state index contributed by atoms with van der Waals surface area (Å²) in [7, 11) is -2.03. The van der Waals surface area contributed by atoms with E-state index in [-0.39, 0.29) is 34.1 Å². The summed E-state index contributed by atoms with van der Waals surface area (Å²) in [5.74, 6) is -0.698. The van der Waals surface area contributed by atoms with Crippen molar-refractivity contribution in [3.05, 3.63) is 48.0 Å². The van der Waals surface area contributed by atoms with Crippen molar-refractivity contribution in [2.45, 2.75) is 41.7 Å². The number of carbonyl (C=O) groups excluding carboxylic acids is 2. The average Bonchev–Trinajstić information content (AvgIpc) is 2.81. The molecule has 0 aliphatic carbocycles. The zero-order valence-corrected chi connectivity index (χ0v) is 18.3. The van der Waals surface area contributed by atoms with Crippen molar-refractivity contribution >= 4 is 44.8 Å². The third-order valence-electron chi connectivity index (χ3n) is 4.77. The topological polar surface area (TPSA) is 83.6 Å². The van der Waals surface area contributed by atoms with E-state index in [1.807, 2.05) is 38.1 Å². The van der Waals surface area contributed by atoms with E-state index in [9.17, 15) is 18.0 Å². The molecule has 1 aliphatic rings. The fourth-order valence-corrected chi connectivity index (χ4v) is 5.35. The Bertz CT molecular complexity index is 1030. The van der Waals surface area contributed by atoms with Gasteiger partial charge in [-0.2, -0.15) is 0 Å². The Kier molecular flexibility index (Phi) is 6.33. The SMILES string of the molecule is Cc1ccc(N(C)C(=O)CCS(=O)(=O)c2ccc3c(c2)NC(=O)C[C@@H](C)S3)cc1. The standard InChI is InChI=1S/C21H24N2O4S2/c1-14-4-6-16(7-5-14)23(3)21(25)10-11-29(26,27)17-8-9-19-18(13-17)22-20(24)12-15(2)28-19/h4-9,13,15H,10-12H2,1-3H3,(H,22,24)/t15-/m1/s1. The molecule has 1 aliphatic heterocycles. The monoisotopic (exact) mass is 432 g/mol. The summed E-state index contributed by atoms with van der Waals surface area (Å²) in [5.41, 5.74) is 2.31. The van der Waals surface area contributed by atoms with Crippen LogP contribution in [0.1, 0.15) is 25.3 Å². The number of fused-ring (bicyclic) bond motifs is 1. The van der Waals surface area contributed by atoms with Gasteiger partial charge in [0, 0.05) is 35.7 Å². The van der Waals surface area contributed by atoms with Crippen LogP contribution < -0.4 is 10.2 Å². The van der Waals surface area contributed by atoms with E-state index in [1.165, 1.54) is 22.7 Å². The maximum atomic E-state index is 12.8. The van der Waals surface area contributed by atoms with Crippen molar-refractivity contribution in [2.75, 3.05) is 23.0 Å². The lowest BCUT2D eigenvalue weighted by Gasteiger charge is -2.17. The number of rotatable bonds is 5. The molecule has 2 aromatic carbocycles. The number of nitrogens with zero attached hydrogens (tertiary/aromatic N) is 1. The number of hydrogen-bond acceptors (Lipinski definition) is 5. The molecule has 0 radical (unpaired) electrons. The number of carbonyl (C=O) groups is 2. The average molecular weight is 433 g/mol. The summed E-state index contributed by atoms with van der Waals surface area (Å²) >= 11 is 1.54. The molecule has 29 heavy (non-hydrogen) atoms. The predicted molar refractivity (Wildman–Crippen MR) is 116 cm³/mol. The summed E-state index contributed by atoms with van der Waals surface area (Å²) in [6.07, 6.45) is 0.253. The normalized spacial score (nSPS) is 16.5. The smallest absolute Gasteiger partial charge is 0.227 e. The molecular weight excluding hydrogens is 408 g/mol. The van der Waals surface area contributed by atoms with Crippen molar-refractivity contribution in [3.8, 4) is 0 Å². The second-order valence-electron chi connectivity index (χ2n) is 7.20. The third kappa shape index (κ3) is 5.19. The number of anilines is 2. The summed E-state index contributed by atoms with van der Waals surface area (Å²) in [4.78, 5) is 26.8. The van der Waals surface area contributed by atoms with Gasteiger partial charge in [-0.1, -0.05) is 24.6 Å². The molecule has 154 valence electrons. The van der Waals surface area contributed by atoms with E-state index in [0.717, 1.165) is 16.1 Å². The fraction of sp³-hybridized carbons (Fsp3) is 0.333. The molecule has 8 heteroatoms. The van der Waals surface area contributed by atoms with Gasteiger partial charge in [-0.15, -0.1) is 11.8 Å². The zero-order chi connectivity index (χ0) is 21.2. The molecule has 0 fully saturated rings. The van der Waals surface area contributed by atoms with Crippen LogP contribution in [0.25, 0.3) is 0 Å². The van der Waals surface area contributed by atoms with Crippen molar-refractivity contribution in [1.82, 2.24) is 0 Å². The van der Waals surface area contributed by atoms with Gasteiger partial charge in [-0.3, -0.25) is 9.59 Å². The van der Waals surface area contributed by atoms with Crippen LogP contribution >= 0.6 is 11.8 Å². The Morgan fingerprint density at radius 1 is 1.21 bits per heavy atom. The molecule has 2 aromatic rings. The molecule has 0 unspecified atom stereocenters. The Labute approximate surface area is 175 Å². The first-order valence-corrected chi connectivity index (χ1v) is 11.9. The largest absolute Gasteiger partial charge is 0.325 e. The second kappa shape index (κ2) is 8.59. The lowest BCUT2D eigenvalue weighted by molar-refractivity contribution is -0.118. The Hall–Kier alpha value is -2.32. The van der Waals surface area contributed by atoms with Crippen molar-refractivity contribution in [1.29, 1.82) is 0 Å². The van der Waals surface area contributed by atoms with E-state index in [1.54, 1.807) is 19.2 Å². The molecule has 6 nitrogen and oxygen atoms in total. The molecule has 1 heterocycles. The van der Waals surface area contributed by atoms with Crippen LogP contribution in [0.4, 0.5) is 11.4 Å². The maximum Gasteiger partial charge on any atom is 0.227 e. The first kappa shape index (κ1) is 21.4. The van der Waals surface area contributed by atoms with Crippen molar-refractivity contribution < 1.29 is 18.0 Å². The Morgan fingerprint density at radius 2 is 1.90 bits per heavy atom. The van der Waals surface area contributed by atoms with Crippen LogP contribution in [0.2, 0.25) is 0 Å². The van der Waals surface area contributed by atoms with E-state index in [0.29, 0.717) is 12.1 Å². The van der Waals surface area contributed by atoms with Crippen LogP contribution in [-0.4, -0.2) is 38.3 Å². The number of sulfone groups is 1. The van der Waals surface area contributed by atoms with Gasteiger partial charge in [0.25, 0.3) is 0 Å². The number of hydrogen-bond donors (Lipinski definition) is 1.